The first-order chi connectivity index (χ1) is 14.4. The third kappa shape index (κ3) is 4.33. The third-order valence-electron chi connectivity index (χ3n) is 4.86. The van der Waals surface area contributed by atoms with Gasteiger partial charge in [-0.05, 0) is 36.4 Å². The molecular formula is C20H21ClN2O6S. The molecule has 2 aliphatic rings. The monoisotopic (exact) mass is 452 g/mol. The number of morpholine rings is 1. The van der Waals surface area contributed by atoms with Crippen molar-refractivity contribution in [2.45, 2.75) is 4.90 Å². The van der Waals surface area contributed by atoms with E-state index in [1.54, 1.807) is 35.2 Å². The summed E-state index contributed by atoms with van der Waals surface area (Å²) in [4.78, 5) is 14.5. The molecule has 2 heterocycles. The molecule has 160 valence electrons. The summed E-state index contributed by atoms with van der Waals surface area (Å²) in [6.07, 6.45) is 0. The highest BCUT2D eigenvalue weighted by Gasteiger charge is 2.30. The van der Waals surface area contributed by atoms with Crippen LogP contribution in [0.25, 0.3) is 0 Å². The molecule has 0 saturated carbocycles. The first-order valence-electron chi connectivity index (χ1n) is 9.48. The summed E-state index contributed by atoms with van der Waals surface area (Å²) >= 11 is 5.97. The van der Waals surface area contributed by atoms with E-state index in [-0.39, 0.29) is 17.3 Å². The molecule has 30 heavy (non-hydrogen) atoms. The second-order valence-corrected chi connectivity index (χ2v) is 9.09. The Hall–Kier alpha value is -2.49. The fourth-order valence-electron chi connectivity index (χ4n) is 3.27. The van der Waals surface area contributed by atoms with Gasteiger partial charge in [-0.25, -0.2) is 8.42 Å². The van der Waals surface area contributed by atoms with Crippen molar-refractivity contribution in [2.75, 3.05) is 50.4 Å². The number of carbonyl (C=O) groups excluding carboxylic acids is 1. The molecule has 4 rings (SSSR count). The first-order valence-corrected chi connectivity index (χ1v) is 11.3. The normalized spacial score (nSPS) is 16.2. The Kier molecular flexibility index (Phi) is 6.03. The Balaban J connectivity index is 1.68. The second-order valence-electron chi connectivity index (χ2n) is 6.79. The maximum Gasteiger partial charge on any atom is 0.264 e. The minimum Gasteiger partial charge on any atom is -0.486 e. The molecule has 2 aliphatic heterocycles. The summed E-state index contributed by atoms with van der Waals surface area (Å²) in [6, 6.07) is 10.8. The van der Waals surface area contributed by atoms with Crippen LogP contribution in [0, 0.1) is 0 Å². The van der Waals surface area contributed by atoms with Crippen LogP contribution in [0.5, 0.6) is 11.5 Å². The number of carbonyl (C=O) groups is 1. The number of sulfonamides is 1. The van der Waals surface area contributed by atoms with Crippen LogP contribution in [0.4, 0.5) is 5.69 Å². The molecule has 1 saturated heterocycles. The van der Waals surface area contributed by atoms with Gasteiger partial charge in [0.25, 0.3) is 10.0 Å². The van der Waals surface area contributed by atoms with Crippen molar-refractivity contribution in [3.63, 3.8) is 0 Å². The largest absolute Gasteiger partial charge is 0.486 e. The lowest BCUT2D eigenvalue weighted by atomic mass is 10.3. The molecule has 0 atom stereocenters. The maximum atomic E-state index is 13.5. The lowest BCUT2D eigenvalue weighted by molar-refractivity contribution is -0.133. The van der Waals surface area contributed by atoms with Crippen LogP contribution in [0.1, 0.15) is 0 Å². The molecule has 0 N–H and O–H groups in total. The van der Waals surface area contributed by atoms with Crippen LogP contribution in [-0.2, 0) is 19.6 Å². The summed E-state index contributed by atoms with van der Waals surface area (Å²) in [5, 5.41) is 0.468. The number of hydrogen-bond acceptors (Lipinski definition) is 6. The van der Waals surface area contributed by atoms with Gasteiger partial charge in [-0.3, -0.25) is 9.10 Å². The lowest BCUT2D eigenvalue weighted by Crippen LogP contribution is -2.47. The molecule has 0 aromatic heterocycles. The second kappa shape index (κ2) is 8.71. The molecule has 1 fully saturated rings. The van der Waals surface area contributed by atoms with Gasteiger partial charge in [-0.2, -0.15) is 0 Å². The molecule has 8 nitrogen and oxygen atoms in total. The number of nitrogens with zero attached hydrogens (tertiary/aromatic N) is 2. The molecular weight excluding hydrogens is 432 g/mol. The van der Waals surface area contributed by atoms with Gasteiger partial charge < -0.3 is 19.1 Å². The van der Waals surface area contributed by atoms with Crippen molar-refractivity contribution >= 4 is 33.2 Å². The van der Waals surface area contributed by atoms with Crippen molar-refractivity contribution < 1.29 is 27.4 Å². The van der Waals surface area contributed by atoms with Crippen molar-refractivity contribution in [1.29, 1.82) is 0 Å². The van der Waals surface area contributed by atoms with E-state index in [0.29, 0.717) is 61.7 Å². The van der Waals surface area contributed by atoms with E-state index >= 15 is 0 Å². The van der Waals surface area contributed by atoms with Gasteiger partial charge in [0, 0.05) is 24.2 Å². The fraction of sp³-hybridized carbons (Fsp3) is 0.350. The smallest absolute Gasteiger partial charge is 0.264 e. The molecule has 0 unspecified atom stereocenters. The zero-order valence-electron chi connectivity index (χ0n) is 16.1. The quantitative estimate of drug-likeness (QED) is 0.691. The van der Waals surface area contributed by atoms with Crippen molar-refractivity contribution in [1.82, 2.24) is 4.90 Å². The molecule has 1 amide bonds. The lowest BCUT2D eigenvalue weighted by Gasteiger charge is -2.30. The van der Waals surface area contributed by atoms with E-state index in [1.165, 1.54) is 12.1 Å². The zero-order valence-corrected chi connectivity index (χ0v) is 17.7. The average molecular weight is 453 g/mol. The Morgan fingerprint density at radius 1 is 0.967 bits per heavy atom. The molecule has 10 heteroatoms. The van der Waals surface area contributed by atoms with Crippen LogP contribution in [0.15, 0.2) is 47.4 Å². The van der Waals surface area contributed by atoms with Gasteiger partial charge in [0.2, 0.25) is 5.91 Å². The minimum atomic E-state index is -4.06. The van der Waals surface area contributed by atoms with Crippen molar-refractivity contribution in [3.05, 3.63) is 47.5 Å². The summed E-state index contributed by atoms with van der Waals surface area (Å²) < 4.78 is 44.4. The summed E-state index contributed by atoms with van der Waals surface area (Å²) in [6.45, 7) is 2.13. The zero-order chi connectivity index (χ0) is 21.1. The highest BCUT2D eigenvalue weighted by Crippen LogP contribution is 2.34. The van der Waals surface area contributed by atoms with E-state index in [0.717, 1.165) is 4.31 Å². The fourth-order valence-corrected chi connectivity index (χ4v) is 4.83. The predicted octanol–water partition coefficient (Wildman–Crippen LogP) is 2.17. The summed E-state index contributed by atoms with van der Waals surface area (Å²) in [7, 11) is -4.06. The highest BCUT2D eigenvalue weighted by molar-refractivity contribution is 7.92. The van der Waals surface area contributed by atoms with Crippen LogP contribution in [-0.4, -0.2) is 65.3 Å². The van der Waals surface area contributed by atoms with E-state index in [2.05, 4.69) is 0 Å². The van der Waals surface area contributed by atoms with E-state index in [1.807, 2.05) is 0 Å². The average Bonchev–Trinajstić information content (AvgIpc) is 2.78. The minimum absolute atomic E-state index is 0.0106. The van der Waals surface area contributed by atoms with Gasteiger partial charge in [0.05, 0.1) is 23.8 Å². The van der Waals surface area contributed by atoms with Crippen LogP contribution < -0.4 is 13.8 Å². The van der Waals surface area contributed by atoms with Crippen LogP contribution in [0.2, 0.25) is 5.02 Å². The molecule has 0 radical (unpaired) electrons. The van der Waals surface area contributed by atoms with Crippen molar-refractivity contribution in [3.8, 4) is 11.5 Å². The molecule has 2 aromatic carbocycles. The van der Waals surface area contributed by atoms with Crippen LogP contribution >= 0.6 is 11.6 Å². The van der Waals surface area contributed by atoms with Gasteiger partial charge in [-0.1, -0.05) is 11.6 Å². The topological polar surface area (TPSA) is 85.4 Å². The van der Waals surface area contributed by atoms with Gasteiger partial charge in [0.1, 0.15) is 19.8 Å². The van der Waals surface area contributed by atoms with Gasteiger partial charge in [0.15, 0.2) is 11.5 Å². The number of benzene rings is 2. The van der Waals surface area contributed by atoms with Crippen LogP contribution in [0.3, 0.4) is 0 Å². The van der Waals surface area contributed by atoms with Gasteiger partial charge >= 0.3 is 0 Å². The first kappa shape index (κ1) is 20.8. The maximum absolute atomic E-state index is 13.5. The molecule has 2 aromatic rings. The number of halogens is 1. The summed E-state index contributed by atoms with van der Waals surface area (Å²) in [5.74, 6) is 0.551. The summed E-state index contributed by atoms with van der Waals surface area (Å²) in [5.41, 5.74) is 0.343. The molecule has 0 aliphatic carbocycles. The van der Waals surface area contributed by atoms with E-state index in [4.69, 9.17) is 25.8 Å². The van der Waals surface area contributed by atoms with E-state index in [9.17, 15) is 13.2 Å². The Labute approximate surface area is 179 Å². The Bertz CT molecular complexity index is 1020. The van der Waals surface area contributed by atoms with E-state index < -0.39 is 10.0 Å². The predicted molar refractivity (Wildman–Crippen MR) is 111 cm³/mol. The number of hydrogen-bond donors (Lipinski definition) is 0. The SMILES string of the molecule is O=C(CN(c1ccc(Cl)cc1)S(=O)(=O)c1ccc2c(c1)OCCO2)N1CCOCC1. The van der Waals surface area contributed by atoms with Crippen molar-refractivity contribution in [2.24, 2.45) is 0 Å². The third-order valence-corrected chi connectivity index (χ3v) is 6.88. The molecule has 0 spiro atoms. The number of amides is 1. The number of anilines is 1. The number of rotatable bonds is 5. The number of fused-ring (bicyclic) bond motifs is 1. The Morgan fingerprint density at radius 3 is 2.33 bits per heavy atom. The number of ether oxygens (including phenoxy) is 3. The highest BCUT2D eigenvalue weighted by atomic mass is 35.5. The molecule has 0 bridgehead atoms. The van der Waals surface area contributed by atoms with Gasteiger partial charge in [-0.15, -0.1) is 0 Å². The Morgan fingerprint density at radius 2 is 1.63 bits per heavy atom. The standard InChI is InChI=1S/C20H21ClN2O6S/c21-15-1-3-16(4-2-15)23(14-20(24)22-7-9-27-10-8-22)30(25,26)17-5-6-18-19(13-17)29-12-11-28-18/h1-6,13H,7-12,14H2.